The van der Waals surface area contributed by atoms with Crippen molar-refractivity contribution in [3.05, 3.63) is 51.7 Å². The highest BCUT2D eigenvalue weighted by Gasteiger charge is 2.13. The van der Waals surface area contributed by atoms with E-state index in [0.29, 0.717) is 17.8 Å². The van der Waals surface area contributed by atoms with E-state index in [9.17, 15) is 4.79 Å². The summed E-state index contributed by atoms with van der Waals surface area (Å²) in [5.74, 6) is -0.0793. The second-order valence-corrected chi connectivity index (χ2v) is 6.04. The molecule has 5 heteroatoms. The van der Waals surface area contributed by atoms with Crippen molar-refractivity contribution in [1.82, 2.24) is 0 Å². The number of rotatable bonds is 5. The molecule has 1 aromatic carbocycles. The minimum atomic E-state index is -0.0793. The number of carbonyl (C=O) groups is 1. The van der Waals surface area contributed by atoms with Crippen molar-refractivity contribution in [1.29, 1.82) is 5.26 Å². The first-order valence-electron chi connectivity index (χ1n) is 6.73. The Labute approximate surface area is 128 Å². The number of benzene rings is 1. The van der Waals surface area contributed by atoms with E-state index >= 15 is 0 Å². The zero-order valence-corrected chi connectivity index (χ0v) is 13.0. The molecule has 1 atom stereocenters. The molecule has 0 spiro atoms. The summed E-state index contributed by atoms with van der Waals surface area (Å²) in [6, 6.07) is 11.2. The van der Waals surface area contributed by atoms with E-state index in [4.69, 9.17) is 5.26 Å². The van der Waals surface area contributed by atoms with Crippen molar-refractivity contribution in [2.24, 2.45) is 0 Å². The molecule has 21 heavy (non-hydrogen) atoms. The molecule has 0 bridgehead atoms. The van der Waals surface area contributed by atoms with E-state index in [1.807, 2.05) is 13.1 Å². The number of para-hydroxylation sites is 1. The Morgan fingerprint density at radius 2 is 2.14 bits per heavy atom. The number of likely N-dealkylation sites (N-methyl/N-ethyl adjacent to an activating group) is 1. The minimum Gasteiger partial charge on any atom is -0.325 e. The van der Waals surface area contributed by atoms with E-state index in [2.05, 4.69) is 29.8 Å². The molecule has 2 N–H and O–H groups in total. The van der Waals surface area contributed by atoms with Crippen LogP contribution in [-0.4, -0.2) is 19.5 Å². The largest absolute Gasteiger partial charge is 0.325 e. The number of quaternary nitrogens is 1. The van der Waals surface area contributed by atoms with Gasteiger partial charge in [0.15, 0.2) is 6.54 Å². The number of nitrogens with zero attached hydrogens (tertiary/aromatic N) is 1. The van der Waals surface area contributed by atoms with Gasteiger partial charge in [-0.3, -0.25) is 4.79 Å². The summed E-state index contributed by atoms with van der Waals surface area (Å²) < 4.78 is 0. The van der Waals surface area contributed by atoms with Crippen molar-refractivity contribution in [3.8, 4) is 6.07 Å². The summed E-state index contributed by atoms with van der Waals surface area (Å²) in [7, 11) is 1.99. The molecule has 2 aromatic rings. The lowest BCUT2D eigenvalue weighted by Crippen LogP contribution is -3.08. The van der Waals surface area contributed by atoms with E-state index < -0.39 is 0 Å². The van der Waals surface area contributed by atoms with Gasteiger partial charge in [0, 0.05) is 0 Å². The maximum atomic E-state index is 12.1. The van der Waals surface area contributed by atoms with Crippen molar-refractivity contribution in [2.45, 2.75) is 13.5 Å². The van der Waals surface area contributed by atoms with Crippen LogP contribution in [0.1, 0.15) is 16.0 Å². The third-order valence-corrected chi connectivity index (χ3v) is 4.24. The third-order valence-electron chi connectivity index (χ3n) is 3.21. The van der Waals surface area contributed by atoms with Crippen LogP contribution in [0.2, 0.25) is 0 Å². The highest BCUT2D eigenvalue weighted by atomic mass is 32.1. The van der Waals surface area contributed by atoms with Gasteiger partial charge in [-0.1, -0.05) is 12.1 Å². The van der Waals surface area contributed by atoms with Gasteiger partial charge >= 0.3 is 0 Å². The van der Waals surface area contributed by atoms with E-state index in [-0.39, 0.29) is 5.91 Å². The molecular formula is C16H18N3OS+. The van der Waals surface area contributed by atoms with Gasteiger partial charge in [0.1, 0.15) is 12.6 Å². The summed E-state index contributed by atoms with van der Waals surface area (Å²) >= 11 is 1.72. The van der Waals surface area contributed by atoms with Gasteiger partial charge in [-0.25, -0.2) is 0 Å². The maximum Gasteiger partial charge on any atom is 0.279 e. The molecule has 0 saturated heterocycles. The van der Waals surface area contributed by atoms with Crippen LogP contribution < -0.4 is 10.2 Å². The quantitative estimate of drug-likeness (QED) is 0.881. The van der Waals surface area contributed by atoms with Gasteiger partial charge in [0.2, 0.25) is 0 Å². The van der Waals surface area contributed by atoms with Gasteiger partial charge in [-0.2, -0.15) is 5.26 Å². The number of amides is 1. The number of hydrogen-bond acceptors (Lipinski definition) is 3. The summed E-state index contributed by atoms with van der Waals surface area (Å²) in [6.45, 7) is 3.29. The number of aryl methyl sites for hydroxylation is 1. The van der Waals surface area contributed by atoms with Gasteiger partial charge in [-0.15, -0.1) is 11.3 Å². The zero-order valence-electron chi connectivity index (χ0n) is 12.1. The first-order chi connectivity index (χ1) is 10.1. The lowest BCUT2D eigenvalue weighted by Gasteiger charge is -2.14. The Bertz CT molecular complexity index is 672. The molecule has 1 heterocycles. The van der Waals surface area contributed by atoms with Crippen LogP contribution >= 0.6 is 11.3 Å². The van der Waals surface area contributed by atoms with Gasteiger partial charge in [-0.05, 0) is 36.1 Å². The average Bonchev–Trinajstić information content (AvgIpc) is 2.84. The summed E-state index contributed by atoms with van der Waals surface area (Å²) in [5.41, 5.74) is 2.33. The number of hydrogen-bond donors (Lipinski definition) is 2. The molecule has 0 fully saturated rings. The van der Waals surface area contributed by atoms with E-state index in [1.165, 1.54) is 10.4 Å². The first kappa shape index (κ1) is 15.2. The maximum absolute atomic E-state index is 12.1. The Hall–Kier alpha value is -2.16. The van der Waals surface area contributed by atoms with Crippen molar-refractivity contribution < 1.29 is 9.69 Å². The lowest BCUT2D eigenvalue weighted by atomic mass is 10.2. The molecule has 2 rings (SSSR count). The zero-order chi connectivity index (χ0) is 15.2. The molecule has 1 amide bonds. The number of nitrogens with one attached hydrogen (secondary N) is 2. The van der Waals surface area contributed by atoms with Crippen LogP contribution in [0.4, 0.5) is 5.69 Å². The fourth-order valence-corrected chi connectivity index (χ4v) is 3.10. The van der Waals surface area contributed by atoms with E-state index in [0.717, 1.165) is 11.4 Å². The normalized spacial score (nSPS) is 11.7. The summed E-state index contributed by atoms with van der Waals surface area (Å²) in [5, 5.41) is 13.9. The molecule has 4 nitrogen and oxygen atoms in total. The molecule has 1 aromatic heterocycles. The van der Waals surface area contributed by atoms with Crippen molar-refractivity contribution >= 4 is 22.9 Å². The minimum absolute atomic E-state index is 0.0793. The Balaban J connectivity index is 1.93. The lowest BCUT2D eigenvalue weighted by molar-refractivity contribution is -0.884. The highest BCUT2D eigenvalue weighted by molar-refractivity contribution is 7.10. The monoisotopic (exact) mass is 300 g/mol. The average molecular weight is 300 g/mol. The van der Waals surface area contributed by atoms with Crippen LogP contribution in [0.25, 0.3) is 0 Å². The highest BCUT2D eigenvalue weighted by Crippen LogP contribution is 2.14. The molecular weight excluding hydrogens is 282 g/mol. The smallest absolute Gasteiger partial charge is 0.279 e. The predicted octanol–water partition coefficient (Wildman–Crippen LogP) is 1.58. The molecule has 108 valence electrons. The summed E-state index contributed by atoms with van der Waals surface area (Å²) in [6.07, 6.45) is 0. The van der Waals surface area contributed by atoms with Crippen LogP contribution in [-0.2, 0) is 11.3 Å². The molecule has 0 aliphatic heterocycles. The van der Waals surface area contributed by atoms with Crippen molar-refractivity contribution in [3.63, 3.8) is 0 Å². The van der Waals surface area contributed by atoms with Gasteiger partial charge in [0.05, 0.1) is 23.2 Å². The van der Waals surface area contributed by atoms with Crippen molar-refractivity contribution in [2.75, 3.05) is 18.9 Å². The molecule has 0 aliphatic rings. The fraction of sp³-hybridized carbons (Fsp3) is 0.250. The number of nitriles is 1. The predicted molar refractivity (Wildman–Crippen MR) is 84.3 cm³/mol. The van der Waals surface area contributed by atoms with E-state index in [1.54, 1.807) is 29.5 Å². The first-order valence-corrected chi connectivity index (χ1v) is 7.61. The molecule has 0 saturated carbocycles. The van der Waals surface area contributed by atoms with Gasteiger partial charge in [0.25, 0.3) is 5.91 Å². The third kappa shape index (κ3) is 4.15. The Morgan fingerprint density at radius 1 is 1.38 bits per heavy atom. The number of carbonyl (C=O) groups excluding carboxylic acids is 1. The number of thiophene rings is 1. The van der Waals surface area contributed by atoms with Crippen LogP contribution in [0.3, 0.4) is 0 Å². The topological polar surface area (TPSA) is 57.3 Å². The molecule has 0 radical (unpaired) electrons. The standard InChI is InChI=1S/C16H17N3OS/c1-12-7-8-21-15(12)10-19(2)11-16(20)18-14-6-4-3-5-13(14)9-17/h3-8H,10-11H2,1-2H3,(H,18,20)/p+1. The Kier molecular flexibility index (Phi) is 5.09. The SMILES string of the molecule is Cc1ccsc1C[NH+](C)CC(=O)Nc1ccccc1C#N. The number of anilines is 1. The summed E-state index contributed by atoms with van der Waals surface area (Å²) in [4.78, 5) is 14.5. The van der Waals surface area contributed by atoms with Gasteiger partial charge < -0.3 is 10.2 Å². The fourth-order valence-electron chi connectivity index (χ4n) is 2.08. The van der Waals surface area contributed by atoms with Crippen LogP contribution in [0, 0.1) is 18.3 Å². The molecule has 0 aliphatic carbocycles. The Morgan fingerprint density at radius 3 is 2.81 bits per heavy atom. The molecule has 1 unspecified atom stereocenters. The second kappa shape index (κ2) is 7.02. The van der Waals surface area contributed by atoms with Crippen LogP contribution in [0.15, 0.2) is 35.7 Å². The second-order valence-electron chi connectivity index (χ2n) is 5.04. The van der Waals surface area contributed by atoms with Crippen LogP contribution in [0.5, 0.6) is 0 Å².